The quantitative estimate of drug-likeness (QED) is 0.889. The van der Waals surface area contributed by atoms with E-state index in [-0.39, 0.29) is 18.2 Å². The van der Waals surface area contributed by atoms with E-state index in [1.54, 1.807) is 25.1 Å². The number of hydrogen-bond donors (Lipinski definition) is 2. The maximum atomic E-state index is 12.1. The monoisotopic (exact) mass is 297 g/mol. The van der Waals surface area contributed by atoms with Crippen LogP contribution in [0, 0.1) is 5.92 Å². The number of carboxylic acids is 1. The molecule has 0 saturated carbocycles. The molecule has 0 spiro atoms. The lowest BCUT2D eigenvalue weighted by Crippen LogP contribution is -2.42. The molecule has 0 saturated heterocycles. The van der Waals surface area contributed by atoms with Crippen molar-refractivity contribution in [1.29, 1.82) is 0 Å². The van der Waals surface area contributed by atoms with Gasteiger partial charge in [0.15, 0.2) is 0 Å². The molecule has 108 valence electrons. The first-order chi connectivity index (χ1) is 9.45. The molecule has 2 unspecified atom stereocenters. The highest BCUT2D eigenvalue weighted by Crippen LogP contribution is 2.29. The second kappa shape index (κ2) is 6.13. The van der Waals surface area contributed by atoms with E-state index in [9.17, 15) is 9.59 Å². The number of carboxylic acid groups (broad SMARTS) is 1. The van der Waals surface area contributed by atoms with Crippen LogP contribution in [0.2, 0.25) is 5.02 Å². The Morgan fingerprint density at radius 3 is 3.00 bits per heavy atom. The molecule has 1 aromatic carbocycles. The Labute approximate surface area is 121 Å². The van der Waals surface area contributed by atoms with Crippen molar-refractivity contribution in [3.05, 3.63) is 28.8 Å². The molecule has 1 amide bonds. The third-order valence-corrected chi connectivity index (χ3v) is 3.40. The van der Waals surface area contributed by atoms with E-state index in [0.29, 0.717) is 18.1 Å². The second-order valence-corrected chi connectivity index (χ2v) is 5.41. The Morgan fingerprint density at radius 1 is 1.55 bits per heavy atom. The van der Waals surface area contributed by atoms with Crippen molar-refractivity contribution in [3.8, 4) is 5.75 Å². The van der Waals surface area contributed by atoms with E-state index in [1.807, 2.05) is 0 Å². The third kappa shape index (κ3) is 3.63. The Kier molecular flexibility index (Phi) is 4.49. The average Bonchev–Trinajstić information content (AvgIpc) is 2.36. The summed E-state index contributed by atoms with van der Waals surface area (Å²) in [6.45, 7) is 1.96. The number of fused-ring (bicyclic) bond motifs is 1. The minimum Gasteiger partial charge on any atom is -0.492 e. The number of benzene rings is 1. The molecule has 0 aromatic heterocycles. The smallest absolute Gasteiger partial charge is 0.305 e. The zero-order valence-electron chi connectivity index (χ0n) is 11.1. The summed E-state index contributed by atoms with van der Waals surface area (Å²) in [5, 5.41) is 12.0. The fraction of sp³-hybridized carbons (Fsp3) is 0.429. The summed E-state index contributed by atoms with van der Waals surface area (Å²) in [5.74, 6) is -0.701. The second-order valence-electron chi connectivity index (χ2n) is 4.97. The number of amides is 1. The van der Waals surface area contributed by atoms with Crippen molar-refractivity contribution in [2.75, 3.05) is 6.61 Å². The Bertz CT molecular complexity index is 532. The molecule has 2 atom stereocenters. The molecule has 1 aromatic rings. The lowest BCUT2D eigenvalue weighted by Gasteiger charge is -2.25. The predicted octanol–water partition coefficient (Wildman–Crippen LogP) is 1.87. The van der Waals surface area contributed by atoms with E-state index in [2.05, 4.69) is 5.32 Å². The topological polar surface area (TPSA) is 75.6 Å². The van der Waals surface area contributed by atoms with Gasteiger partial charge in [-0.15, -0.1) is 0 Å². The zero-order chi connectivity index (χ0) is 14.7. The number of halogens is 1. The van der Waals surface area contributed by atoms with E-state index < -0.39 is 12.0 Å². The summed E-state index contributed by atoms with van der Waals surface area (Å²) in [6.07, 6.45) is 0.448. The van der Waals surface area contributed by atoms with Crippen LogP contribution in [0.1, 0.15) is 18.9 Å². The first kappa shape index (κ1) is 14.7. The van der Waals surface area contributed by atoms with Crippen molar-refractivity contribution in [3.63, 3.8) is 0 Å². The largest absolute Gasteiger partial charge is 0.492 e. The Balaban J connectivity index is 1.98. The van der Waals surface area contributed by atoms with Gasteiger partial charge in [-0.3, -0.25) is 9.59 Å². The molecule has 1 aliphatic rings. The summed E-state index contributed by atoms with van der Waals surface area (Å²) < 4.78 is 5.54. The Hall–Kier alpha value is -1.75. The van der Waals surface area contributed by atoms with Gasteiger partial charge in [0.1, 0.15) is 12.4 Å². The number of hydrogen-bond acceptors (Lipinski definition) is 3. The van der Waals surface area contributed by atoms with Gasteiger partial charge in [-0.05, 0) is 37.1 Å². The molecular weight excluding hydrogens is 282 g/mol. The lowest BCUT2D eigenvalue weighted by atomic mass is 9.95. The molecular formula is C14H16ClNO4. The van der Waals surface area contributed by atoms with Crippen LogP contribution in [0.25, 0.3) is 0 Å². The van der Waals surface area contributed by atoms with Gasteiger partial charge < -0.3 is 15.2 Å². The molecule has 6 heteroatoms. The number of nitrogens with one attached hydrogen (secondary N) is 1. The van der Waals surface area contributed by atoms with Crippen molar-refractivity contribution < 1.29 is 19.4 Å². The summed E-state index contributed by atoms with van der Waals surface area (Å²) in [5.41, 5.74) is 0.898. The van der Waals surface area contributed by atoms with Crippen LogP contribution in [0.3, 0.4) is 0 Å². The normalized spacial score (nSPS) is 18.6. The third-order valence-electron chi connectivity index (χ3n) is 3.17. The fourth-order valence-corrected chi connectivity index (χ4v) is 2.40. The van der Waals surface area contributed by atoms with Crippen LogP contribution in [0.15, 0.2) is 18.2 Å². The predicted molar refractivity (Wildman–Crippen MR) is 74.0 cm³/mol. The van der Waals surface area contributed by atoms with Crippen LogP contribution >= 0.6 is 11.6 Å². The maximum absolute atomic E-state index is 12.1. The van der Waals surface area contributed by atoms with Crippen LogP contribution in [-0.2, 0) is 16.0 Å². The molecule has 20 heavy (non-hydrogen) atoms. The van der Waals surface area contributed by atoms with Gasteiger partial charge in [-0.1, -0.05) is 11.6 Å². The van der Waals surface area contributed by atoms with Crippen LogP contribution < -0.4 is 10.1 Å². The number of aliphatic carboxylic acids is 1. The molecule has 2 N–H and O–H groups in total. The molecule has 0 fully saturated rings. The number of rotatable bonds is 4. The van der Waals surface area contributed by atoms with Gasteiger partial charge in [0.2, 0.25) is 5.91 Å². The first-order valence-electron chi connectivity index (χ1n) is 6.39. The minimum absolute atomic E-state index is 0.0955. The van der Waals surface area contributed by atoms with Gasteiger partial charge >= 0.3 is 5.97 Å². The fourth-order valence-electron chi connectivity index (χ4n) is 2.21. The highest BCUT2D eigenvalue weighted by molar-refractivity contribution is 6.30. The summed E-state index contributed by atoms with van der Waals surface area (Å²) in [4.78, 5) is 22.6. The van der Waals surface area contributed by atoms with E-state index in [0.717, 1.165) is 11.3 Å². The van der Waals surface area contributed by atoms with Gasteiger partial charge in [-0.25, -0.2) is 0 Å². The van der Waals surface area contributed by atoms with Crippen molar-refractivity contribution in [1.82, 2.24) is 5.32 Å². The van der Waals surface area contributed by atoms with E-state index >= 15 is 0 Å². The van der Waals surface area contributed by atoms with E-state index in [1.165, 1.54) is 0 Å². The highest BCUT2D eigenvalue weighted by Gasteiger charge is 2.27. The average molecular weight is 298 g/mol. The molecule has 1 aliphatic heterocycles. The molecule has 1 heterocycles. The number of ether oxygens (including phenoxy) is 1. The molecule has 2 rings (SSSR count). The SMILES string of the molecule is CC(CC(=O)O)NC(=O)C1COc2ccc(Cl)cc2C1. The van der Waals surface area contributed by atoms with Gasteiger partial charge in [0.25, 0.3) is 0 Å². The van der Waals surface area contributed by atoms with Crippen LogP contribution in [0.5, 0.6) is 5.75 Å². The summed E-state index contributed by atoms with van der Waals surface area (Å²) >= 11 is 5.92. The summed E-state index contributed by atoms with van der Waals surface area (Å²) in [6, 6.07) is 4.92. The van der Waals surface area contributed by atoms with Gasteiger partial charge in [0.05, 0.1) is 12.3 Å². The zero-order valence-corrected chi connectivity index (χ0v) is 11.8. The molecule has 0 bridgehead atoms. The van der Waals surface area contributed by atoms with Crippen molar-refractivity contribution in [2.24, 2.45) is 5.92 Å². The Morgan fingerprint density at radius 2 is 2.30 bits per heavy atom. The van der Waals surface area contributed by atoms with E-state index in [4.69, 9.17) is 21.4 Å². The number of carbonyl (C=O) groups excluding carboxylic acids is 1. The van der Waals surface area contributed by atoms with Crippen LogP contribution in [0.4, 0.5) is 0 Å². The molecule has 0 aliphatic carbocycles. The number of carbonyl (C=O) groups is 2. The molecule has 0 radical (unpaired) electrons. The molecule has 5 nitrogen and oxygen atoms in total. The highest BCUT2D eigenvalue weighted by atomic mass is 35.5. The van der Waals surface area contributed by atoms with Gasteiger partial charge in [-0.2, -0.15) is 0 Å². The van der Waals surface area contributed by atoms with Crippen LogP contribution in [-0.4, -0.2) is 29.6 Å². The van der Waals surface area contributed by atoms with Gasteiger partial charge in [0, 0.05) is 11.1 Å². The maximum Gasteiger partial charge on any atom is 0.305 e. The minimum atomic E-state index is -0.935. The van der Waals surface area contributed by atoms with Crippen molar-refractivity contribution >= 4 is 23.5 Å². The standard InChI is InChI=1S/C14H16ClNO4/c1-8(4-13(17)18)16-14(19)10-5-9-6-11(15)2-3-12(9)20-7-10/h2-3,6,8,10H,4-5,7H2,1H3,(H,16,19)(H,17,18). The lowest BCUT2D eigenvalue weighted by molar-refractivity contribution is -0.137. The first-order valence-corrected chi connectivity index (χ1v) is 6.77. The van der Waals surface area contributed by atoms with Crippen molar-refractivity contribution in [2.45, 2.75) is 25.8 Å². The summed E-state index contributed by atoms with van der Waals surface area (Å²) in [7, 11) is 0.